The third kappa shape index (κ3) is 2.81. The summed E-state index contributed by atoms with van der Waals surface area (Å²) < 4.78 is 1.83. The second kappa shape index (κ2) is 6.96. The maximum Gasteiger partial charge on any atom is 0.212 e. The van der Waals surface area contributed by atoms with Gasteiger partial charge in [-0.3, -0.25) is 9.48 Å². The number of hydrogen-bond acceptors (Lipinski definition) is 5. The number of nitriles is 1. The molecule has 26 heavy (non-hydrogen) atoms. The van der Waals surface area contributed by atoms with Crippen molar-refractivity contribution in [3.05, 3.63) is 24.8 Å². The number of H-pyrrole nitrogens is 1. The van der Waals surface area contributed by atoms with Gasteiger partial charge in [-0.1, -0.05) is 12.8 Å². The van der Waals surface area contributed by atoms with Crippen LogP contribution in [0.25, 0.3) is 22.3 Å². The van der Waals surface area contributed by atoms with Crippen molar-refractivity contribution in [2.45, 2.75) is 38.1 Å². The molecule has 132 valence electrons. The zero-order valence-corrected chi connectivity index (χ0v) is 14.2. The molecule has 0 bridgehead atoms. The molecule has 4 rings (SSSR count). The summed E-state index contributed by atoms with van der Waals surface area (Å²) >= 11 is 0. The van der Waals surface area contributed by atoms with Gasteiger partial charge in [0.1, 0.15) is 12.0 Å². The normalized spacial score (nSPS) is 15.8. The fraction of sp³-hybridized carbons (Fsp3) is 0.389. The second-order valence-electron chi connectivity index (χ2n) is 6.57. The van der Waals surface area contributed by atoms with Gasteiger partial charge >= 0.3 is 0 Å². The van der Waals surface area contributed by atoms with Gasteiger partial charge < -0.3 is 10.3 Å². The lowest BCUT2D eigenvalue weighted by Gasteiger charge is -2.21. The van der Waals surface area contributed by atoms with Crippen LogP contribution in [0.5, 0.6) is 0 Å². The fourth-order valence-electron chi connectivity index (χ4n) is 3.90. The van der Waals surface area contributed by atoms with E-state index in [2.05, 4.69) is 31.4 Å². The Bertz CT molecular complexity index is 961. The Kier molecular flexibility index (Phi) is 4.35. The molecule has 1 aliphatic rings. The predicted molar refractivity (Wildman–Crippen MR) is 96.0 cm³/mol. The van der Waals surface area contributed by atoms with Crippen molar-refractivity contribution in [2.75, 3.05) is 5.32 Å². The van der Waals surface area contributed by atoms with Crippen LogP contribution in [0.4, 0.5) is 5.82 Å². The molecule has 3 aromatic heterocycles. The largest absolute Gasteiger partial charge is 0.346 e. The number of aromatic nitrogens is 5. The molecule has 0 spiro atoms. The molecule has 1 unspecified atom stereocenters. The van der Waals surface area contributed by atoms with E-state index >= 15 is 0 Å². The number of hydrogen-bond donors (Lipinski definition) is 2. The molecule has 0 radical (unpaired) electrons. The maximum absolute atomic E-state index is 11.1. The van der Waals surface area contributed by atoms with Crippen LogP contribution in [0.15, 0.2) is 24.8 Å². The highest BCUT2D eigenvalue weighted by atomic mass is 16.1. The van der Waals surface area contributed by atoms with Crippen molar-refractivity contribution in [1.29, 1.82) is 5.26 Å². The first-order valence-corrected chi connectivity index (χ1v) is 8.76. The molecule has 3 heterocycles. The zero-order valence-electron chi connectivity index (χ0n) is 14.2. The highest BCUT2D eigenvalue weighted by molar-refractivity contribution is 5.94. The first-order valence-electron chi connectivity index (χ1n) is 8.76. The molecule has 3 aromatic rings. The fourth-order valence-corrected chi connectivity index (χ4v) is 3.90. The van der Waals surface area contributed by atoms with Crippen LogP contribution in [0.1, 0.15) is 38.1 Å². The Labute approximate surface area is 150 Å². The van der Waals surface area contributed by atoms with Gasteiger partial charge in [0, 0.05) is 17.8 Å². The van der Waals surface area contributed by atoms with Crippen molar-refractivity contribution in [1.82, 2.24) is 24.7 Å². The summed E-state index contributed by atoms with van der Waals surface area (Å²) in [5, 5.41) is 17.4. The van der Waals surface area contributed by atoms with Crippen molar-refractivity contribution < 1.29 is 4.79 Å². The van der Waals surface area contributed by atoms with Gasteiger partial charge in [-0.05, 0) is 24.8 Å². The average molecular weight is 349 g/mol. The number of nitrogens with zero attached hydrogens (tertiary/aromatic N) is 5. The SMILES string of the molecule is N#CCC(C1CCCC1)n1cc(-c2ncnc3[nH]ccc23)c(NC=O)n1. The minimum atomic E-state index is 0.00649. The summed E-state index contributed by atoms with van der Waals surface area (Å²) in [6.45, 7) is 0. The third-order valence-electron chi connectivity index (χ3n) is 5.12. The number of carbonyl (C=O) groups is 1. The van der Waals surface area contributed by atoms with E-state index in [-0.39, 0.29) is 6.04 Å². The minimum absolute atomic E-state index is 0.00649. The van der Waals surface area contributed by atoms with E-state index in [0.717, 1.165) is 29.4 Å². The number of aromatic amines is 1. The van der Waals surface area contributed by atoms with E-state index in [1.54, 1.807) is 6.20 Å². The summed E-state index contributed by atoms with van der Waals surface area (Å²) in [4.78, 5) is 22.8. The summed E-state index contributed by atoms with van der Waals surface area (Å²) in [5.41, 5.74) is 2.16. The Morgan fingerprint density at radius 3 is 3.04 bits per heavy atom. The Morgan fingerprint density at radius 1 is 1.42 bits per heavy atom. The van der Waals surface area contributed by atoms with Gasteiger partial charge in [0.15, 0.2) is 5.82 Å². The molecule has 0 aromatic carbocycles. The van der Waals surface area contributed by atoms with Crippen LogP contribution >= 0.6 is 0 Å². The van der Waals surface area contributed by atoms with Crippen LogP contribution in [0, 0.1) is 17.2 Å². The van der Waals surface area contributed by atoms with Gasteiger partial charge in [-0.2, -0.15) is 10.4 Å². The molecule has 2 N–H and O–H groups in total. The van der Waals surface area contributed by atoms with E-state index in [0.29, 0.717) is 30.3 Å². The lowest BCUT2D eigenvalue weighted by atomic mass is 9.96. The number of nitrogens with one attached hydrogen (secondary N) is 2. The number of carbonyl (C=O) groups excluding carboxylic acids is 1. The molecule has 1 amide bonds. The Hall–Kier alpha value is -3.21. The van der Waals surface area contributed by atoms with Crippen molar-refractivity contribution in [2.24, 2.45) is 5.92 Å². The van der Waals surface area contributed by atoms with E-state index in [4.69, 9.17) is 0 Å². The standard InChI is InChI=1S/C18H19N7O/c19-7-5-15(12-3-1-2-4-12)25-9-14(18(24-25)23-11-26)16-13-6-8-20-17(13)22-10-21-16/h6,8-12,15H,1-5H2,(H,20,21,22)(H,23,24,26). The molecule has 8 heteroatoms. The molecule has 0 aliphatic heterocycles. The van der Waals surface area contributed by atoms with Crippen molar-refractivity contribution in [3.8, 4) is 17.3 Å². The van der Waals surface area contributed by atoms with Crippen molar-refractivity contribution in [3.63, 3.8) is 0 Å². The van der Waals surface area contributed by atoms with Crippen LogP contribution in [-0.4, -0.2) is 31.1 Å². The molecular weight excluding hydrogens is 330 g/mol. The maximum atomic E-state index is 11.1. The van der Waals surface area contributed by atoms with Gasteiger partial charge in [0.05, 0.1) is 29.8 Å². The number of anilines is 1. The van der Waals surface area contributed by atoms with E-state index < -0.39 is 0 Å². The topological polar surface area (TPSA) is 112 Å². The Balaban J connectivity index is 1.81. The summed E-state index contributed by atoms with van der Waals surface area (Å²) in [6, 6.07) is 4.19. The summed E-state index contributed by atoms with van der Waals surface area (Å²) in [7, 11) is 0. The molecule has 8 nitrogen and oxygen atoms in total. The minimum Gasteiger partial charge on any atom is -0.346 e. The molecule has 1 fully saturated rings. The van der Waals surface area contributed by atoms with Gasteiger partial charge in [-0.25, -0.2) is 9.97 Å². The first-order chi connectivity index (χ1) is 12.8. The molecule has 1 aliphatic carbocycles. The van der Waals surface area contributed by atoms with Crippen LogP contribution in [0.3, 0.4) is 0 Å². The van der Waals surface area contributed by atoms with Crippen LogP contribution in [-0.2, 0) is 4.79 Å². The number of rotatable bonds is 6. The molecule has 1 atom stereocenters. The molecular formula is C18H19N7O. The van der Waals surface area contributed by atoms with E-state index in [1.807, 2.05) is 16.9 Å². The highest BCUT2D eigenvalue weighted by Gasteiger charge is 2.28. The number of fused-ring (bicyclic) bond motifs is 1. The van der Waals surface area contributed by atoms with Crippen LogP contribution in [0.2, 0.25) is 0 Å². The van der Waals surface area contributed by atoms with Gasteiger partial charge in [-0.15, -0.1) is 0 Å². The zero-order chi connectivity index (χ0) is 17.9. The quantitative estimate of drug-likeness (QED) is 0.664. The molecule has 0 saturated heterocycles. The first kappa shape index (κ1) is 16.3. The monoisotopic (exact) mass is 349 g/mol. The Morgan fingerprint density at radius 2 is 2.27 bits per heavy atom. The highest BCUT2D eigenvalue weighted by Crippen LogP contribution is 2.38. The number of amides is 1. The third-order valence-corrected chi connectivity index (χ3v) is 5.12. The predicted octanol–water partition coefficient (Wildman–Crippen LogP) is 3.03. The van der Waals surface area contributed by atoms with Gasteiger partial charge in [0.25, 0.3) is 0 Å². The van der Waals surface area contributed by atoms with E-state index in [1.165, 1.54) is 19.2 Å². The van der Waals surface area contributed by atoms with E-state index in [9.17, 15) is 10.1 Å². The molecule has 1 saturated carbocycles. The smallest absolute Gasteiger partial charge is 0.212 e. The lowest BCUT2D eigenvalue weighted by Crippen LogP contribution is -2.17. The summed E-state index contributed by atoms with van der Waals surface area (Å²) in [6.07, 6.45) is 10.8. The van der Waals surface area contributed by atoms with Crippen molar-refractivity contribution >= 4 is 23.3 Å². The lowest BCUT2D eigenvalue weighted by molar-refractivity contribution is -0.105. The van der Waals surface area contributed by atoms with Crippen LogP contribution < -0.4 is 5.32 Å². The second-order valence-corrected chi connectivity index (χ2v) is 6.57. The van der Waals surface area contributed by atoms with Gasteiger partial charge in [0.2, 0.25) is 6.41 Å². The summed E-state index contributed by atoms with van der Waals surface area (Å²) in [5.74, 6) is 0.881. The average Bonchev–Trinajstić information content (AvgIpc) is 3.39.